The van der Waals surface area contributed by atoms with Gasteiger partial charge in [0.1, 0.15) is 11.5 Å². The Balaban J connectivity index is 1.79. The van der Waals surface area contributed by atoms with Crippen molar-refractivity contribution in [2.24, 2.45) is 0 Å². The number of aliphatic hydroxyl groups is 1. The van der Waals surface area contributed by atoms with Crippen molar-refractivity contribution in [3.8, 4) is 11.5 Å². The normalized spacial score (nSPS) is 15.9. The Morgan fingerprint density at radius 2 is 1.47 bits per heavy atom. The molecular formula is C25H21F2NO4. The molecule has 0 radical (unpaired) electrons. The number of methoxy groups -OCH3 is 2. The van der Waals surface area contributed by atoms with E-state index in [0.717, 1.165) is 17.7 Å². The number of amides is 1. The Labute approximate surface area is 184 Å². The van der Waals surface area contributed by atoms with Crippen molar-refractivity contribution in [1.82, 2.24) is 4.90 Å². The van der Waals surface area contributed by atoms with Crippen LogP contribution in [0.1, 0.15) is 22.7 Å². The first-order valence-corrected chi connectivity index (χ1v) is 9.89. The van der Waals surface area contributed by atoms with Crippen LogP contribution in [-0.2, 0) is 11.3 Å². The summed E-state index contributed by atoms with van der Waals surface area (Å²) in [5.41, 5.74) is 2.02. The minimum atomic E-state index is -1.03. The maximum absolute atomic E-state index is 14.1. The number of nitrogens with zero attached hydrogens (tertiary/aromatic N) is 1. The van der Waals surface area contributed by atoms with Gasteiger partial charge in [0.15, 0.2) is 17.4 Å². The number of halogens is 2. The molecule has 1 aliphatic rings. The summed E-state index contributed by atoms with van der Waals surface area (Å²) in [5.74, 6) is -1.77. The fourth-order valence-electron chi connectivity index (χ4n) is 3.84. The number of hydrogen-bond donors (Lipinski definition) is 1. The topological polar surface area (TPSA) is 59.0 Å². The lowest BCUT2D eigenvalue weighted by Gasteiger charge is -2.27. The Kier molecular flexibility index (Phi) is 5.81. The zero-order valence-electron chi connectivity index (χ0n) is 17.5. The number of carbonyl (C=O) groups excluding carboxylic acids is 1. The molecule has 0 unspecified atom stereocenters. The molecule has 32 heavy (non-hydrogen) atoms. The van der Waals surface area contributed by atoms with E-state index in [1.807, 2.05) is 0 Å². The summed E-state index contributed by atoms with van der Waals surface area (Å²) in [6, 6.07) is 16.6. The minimum absolute atomic E-state index is 0.149. The van der Waals surface area contributed by atoms with Crippen LogP contribution in [0.4, 0.5) is 8.78 Å². The fraction of sp³-hybridized carbons (Fsp3) is 0.160. The molecule has 0 aliphatic carbocycles. The predicted octanol–water partition coefficient (Wildman–Crippen LogP) is 5.03. The van der Waals surface area contributed by atoms with Crippen LogP contribution in [0.2, 0.25) is 0 Å². The lowest BCUT2D eigenvalue weighted by atomic mass is 9.93. The highest BCUT2D eigenvalue weighted by molar-refractivity contribution is 6.05. The van der Waals surface area contributed by atoms with E-state index in [0.29, 0.717) is 28.2 Å². The average molecular weight is 437 g/mol. The van der Waals surface area contributed by atoms with Gasteiger partial charge in [-0.3, -0.25) is 4.79 Å². The van der Waals surface area contributed by atoms with Gasteiger partial charge in [0.05, 0.1) is 20.3 Å². The minimum Gasteiger partial charge on any atom is -0.503 e. The first kappa shape index (κ1) is 21.4. The molecule has 5 nitrogen and oxygen atoms in total. The van der Waals surface area contributed by atoms with E-state index in [4.69, 9.17) is 9.47 Å². The third kappa shape index (κ3) is 3.89. The molecule has 0 saturated carbocycles. The summed E-state index contributed by atoms with van der Waals surface area (Å²) in [6.07, 6.45) is 0. The van der Waals surface area contributed by atoms with Crippen molar-refractivity contribution >= 4 is 11.5 Å². The second kappa shape index (κ2) is 8.70. The van der Waals surface area contributed by atoms with E-state index < -0.39 is 29.3 Å². The van der Waals surface area contributed by atoms with Crippen LogP contribution in [-0.4, -0.2) is 30.1 Å². The highest BCUT2D eigenvalue weighted by Crippen LogP contribution is 2.44. The lowest BCUT2D eigenvalue weighted by Crippen LogP contribution is -2.30. The van der Waals surface area contributed by atoms with Crippen molar-refractivity contribution in [3.63, 3.8) is 0 Å². The zero-order chi connectivity index (χ0) is 22.8. The highest BCUT2D eigenvalue weighted by Gasteiger charge is 2.41. The van der Waals surface area contributed by atoms with Gasteiger partial charge in [-0.15, -0.1) is 0 Å². The molecule has 0 bridgehead atoms. The molecule has 1 heterocycles. The summed E-state index contributed by atoms with van der Waals surface area (Å²) in [5, 5.41) is 10.8. The standard InChI is InChI=1S/C25H21F2NO4/c1-31-18-8-3-15(4-9-18)14-28-23(17-7-12-20(26)21(27)13-17)22(24(29)25(28)30)16-5-10-19(32-2)11-6-16/h3-13,23,29H,14H2,1-2H3/t23-/m1/s1. The fourth-order valence-corrected chi connectivity index (χ4v) is 3.84. The number of hydrogen-bond acceptors (Lipinski definition) is 4. The average Bonchev–Trinajstić information content (AvgIpc) is 3.06. The smallest absolute Gasteiger partial charge is 0.290 e. The lowest BCUT2D eigenvalue weighted by molar-refractivity contribution is -0.130. The number of carbonyl (C=O) groups is 1. The molecular weight excluding hydrogens is 416 g/mol. The SMILES string of the molecule is COc1ccc(CN2C(=O)C(O)=C(c3ccc(OC)cc3)[C@H]2c2ccc(F)c(F)c2)cc1. The zero-order valence-corrected chi connectivity index (χ0v) is 17.5. The predicted molar refractivity (Wildman–Crippen MR) is 115 cm³/mol. The first-order valence-electron chi connectivity index (χ1n) is 9.89. The molecule has 164 valence electrons. The molecule has 1 N–H and O–H groups in total. The molecule has 1 amide bonds. The van der Waals surface area contributed by atoms with Gasteiger partial charge in [0.2, 0.25) is 0 Å². The Morgan fingerprint density at radius 1 is 0.875 bits per heavy atom. The summed E-state index contributed by atoms with van der Waals surface area (Å²) in [4.78, 5) is 14.5. The maximum Gasteiger partial charge on any atom is 0.290 e. The molecule has 3 aromatic carbocycles. The van der Waals surface area contributed by atoms with Crippen molar-refractivity contribution in [2.45, 2.75) is 12.6 Å². The van der Waals surface area contributed by atoms with E-state index in [-0.39, 0.29) is 6.54 Å². The Morgan fingerprint density at radius 3 is 2.03 bits per heavy atom. The molecule has 4 rings (SSSR count). The third-order valence-corrected chi connectivity index (χ3v) is 5.48. The van der Waals surface area contributed by atoms with Crippen molar-refractivity contribution in [3.05, 3.63) is 101 Å². The van der Waals surface area contributed by atoms with E-state index in [2.05, 4.69) is 0 Å². The summed E-state index contributed by atoms with van der Waals surface area (Å²) in [7, 11) is 3.09. The number of ether oxygens (including phenoxy) is 2. The number of aliphatic hydroxyl groups excluding tert-OH is 1. The quantitative estimate of drug-likeness (QED) is 0.587. The van der Waals surface area contributed by atoms with E-state index in [1.54, 1.807) is 55.6 Å². The van der Waals surface area contributed by atoms with Crippen LogP contribution >= 0.6 is 0 Å². The van der Waals surface area contributed by atoms with Gasteiger partial charge in [-0.05, 0) is 53.1 Å². The van der Waals surface area contributed by atoms with E-state index in [1.165, 1.54) is 18.1 Å². The molecule has 0 aromatic heterocycles. The van der Waals surface area contributed by atoms with E-state index in [9.17, 15) is 18.7 Å². The van der Waals surface area contributed by atoms with Gasteiger partial charge in [0.25, 0.3) is 5.91 Å². The monoisotopic (exact) mass is 437 g/mol. The Bertz CT molecular complexity index is 1170. The second-order valence-electron chi connectivity index (χ2n) is 7.35. The molecule has 0 fully saturated rings. The molecule has 1 aliphatic heterocycles. The van der Waals surface area contributed by atoms with Crippen LogP contribution in [0.15, 0.2) is 72.5 Å². The van der Waals surface area contributed by atoms with Gasteiger partial charge >= 0.3 is 0 Å². The molecule has 7 heteroatoms. The second-order valence-corrected chi connectivity index (χ2v) is 7.35. The van der Waals surface area contributed by atoms with Crippen LogP contribution in [0, 0.1) is 11.6 Å². The first-order chi connectivity index (χ1) is 15.4. The Hall–Kier alpha value is -3.87. The van der Waals surface area contributed by atoms with Crippen LogP contribution in [0.3, 0.4) is 0 Å². The highest BCUT2D eigenvalue weighted by atomic mass is 19.2. The summed E-state index contributed by atoms with van der Waals surface area (Å²) < 4.78 is 38.1. The van der Waals surface area contributed by atoms with Crippen LogP contribution in [0.5, 0.6) is 11.5 Å². The molecule has 1 atom stereocenters. The van der Waals surface area contributed by atoms with Gasteiger partial charge < -0.3 is 19.5 Å². The van der Waals surface area contributed by atoms with Crippen LogP contribution < -0.4 is 9.47 Å². The van der Waals surface area contributed by atoms with Crippen molar-refractivity contribution in [1.29, 1.82) is 0 Å². The number of rotatable bonds is 6. The van der Waals surface area contributed by atoms with Gasteiger partial charge in [-0.2, -0.15) is 0 Å². The van der Waals surface area contributed by atoms with Gasteiger partial charge in [-0.25, -0.2) is 8.78 Å². The summed E-state index contributed by atoms with van der Waals surface area (Å²) >= 11 is 0. The van der Waals surface area contributed by atoms with Gasteiger partial charge in [0, 0.05) is 12.1 Å². The van der Waals surface area contributed by atoms with Crippen molar-refractivity contribution < 1.29 is 28.2 Å². The molecule has 0 spiro atoms. The summed E-state index contributed by atoms with van der Waals surface area (Å²) in [6.45, 7) is 0.149. The van der Waals surface area contributed by atoms with Crippen LogP contribution in [0.25, 0.3) is 5.57 Å². The maximum atomic E-state index is 14.1. The third-order valence-electron chi connectivity index (χ3n) is 5.48. The largest absolute Gasteiger partial charge is 0.503 e. The van der Waals surface area contributed by atoms with E-state index >= 15 is 0 Å². The van der Waals surface area contributed by atoms with Gasteiger partial charge in [-0.1, -0.05) is 30.3 Å². The molecule has 3 aromatic rings. The number of benzene rings is 3. The molecule has 0 saturated heterocycles. The van der Waals surface area contributed by atoms with Crippen molar-refractivity contribution in [2.75, 3.05) is 14.2 Å².